The summed E-state index contributed by atoms with van der Waals surface area (Å²) in [6.45, 7) is 4.70. The molecule has 3 aromatic rings. The van der Waals surface area contributed by atoms with Gasteiger partial charge in [-0.15, -0.1) is 0 Å². The standard InChI is InChI=1S/C22H24BrN3O4S/c1-16-21(24-22(30-16)17-3-7-19(29-2)8-4-17)15-25-11-13-26(14-12-25)31(27,28)20-9-5-18(23)6-10-20/h3-10H,11-15H2,1-2H3. The van der Waals surface area contributed by atoms with Crippen LogP contribution in [0.1, 0.15) is 11.5 Å². The van der Waals surface area contributed by atoms with E-state index in [9.17, 15) is 8.42 Å². The van der Waals surface area contributed by atoms with E-state index >= 15 is 0 Å². The predicted octanol–water partition coefficient (Wildman–Crippen LogP) is 3.93. The minimum absolute atomic E-state index is 0.320. The maximum atomic E-state index is 12.9. The summed E-state index contributed by atoms with van der Waals surface area (Å²) in [5.41, 5.74) is 1.76. The molecule has 1 aliphatic rings. The van der Waals surface area contributed by atoms with Crippen LogP contribution >= 0.6 is 15.9 Å². The molecule has 0 atom stereocenters. The van der Waals surface area contributed by atoms with Gasteiger partial charge in [0.1, 0.15) is 11.5 Å². The number of hydrogen-bond acceptors (Lipinski definition) is 6. The van der Waals surface area contributed by atoms with E-state index in [0.29, 0.717) is 43.5 Å². The second kappa shape index (κ2) is 9.12. The molecule has 164 valence electrons. The molecular weight excluding hydrogens is 482 g/mol. The highest BCUT2D eigenvalue weighted by Gasteiger charge is 2.29. The van der Waals surface area contributed by atoms with Crippen molar-refractivity contribution < 1.29 is 17.6 Å². The van der Waals surface area contributed by atoms with Gasteiger partial charge in [0, 0.05) is 42.8 Å². The number of ether oxygens (including phenoxy) is 1. The number of nitrogens with zero attached hydrogens (tertiary/aromatic N) is 3. The highest BCUT2D eigenvalue weighted by Crippen LogP contribution is 2.25. The quantitative estimate of drug-likeness (QED) is 0.505. The van der Waals surface area contributed by atoms with Crippen molar-refractivity contribution >= 4 is 26.0 Å². The first kappa shape index (κ1) is 22.0. The molecule has 0 aliphatic carbocycles. The van der Waals surface area contributed by atoms with E-state index in [-0.39, 0.29) is 0 Å². The van der Waals surface area contributed by atoms with Crippen molar-refractivity contribution in [1.29, 1.82) is 0 Å². The first-order valence-electron chi connectivity index (χ1n) is 9.95. The number of halogens is 1. The van der Waals surface area contributed by atoms with Gasteiger partial charge in [0.15, 0.2) is 0 Å². The fourth-order valence-corrected chi connectivity index (χ4v) is 5.21. The van der Waals surface area contributed by atoms with E-state index < -0.39 is 10.0 Å². The summed E-state index contributed by atoms with van der Waals surface area (Å²) in [4.78, 5) is 7.19. The minimum atomic E-state index is -3.48. The lowest BCUT2D eigenvalue weighted by Crippen LogP contribution is -2.48. The second-order valence-electron chi connectivity index (χ2n) is 7.38. The Kier molecular flexibility index (Phi) is 6.47. The summed E-state index contributed by atoms with van der Waals surface area (Å²) in [6.07, 6.45) is 0. The fourth-order valence-electron chi connectivity index (χ4n) is 3.53. The number of hydrogen-bond donors (Lipinski definition) is 0. The summed E-state index contributed by atoms with van der Waals surface area (Å²) in [5.74, 6) is 2.13. The van der Waals surface area contributed by atoms with E-state index in [1.807, 2.05) is 31.2 Å². The summed E-state index contributed by atoms with van der Waals surface area (Å²) < 4.78 is 39.2. The van der Waals surface area contributed by atoms with Crippen molar-refractivity contribution in [2.45, 2.75) is 18.4 Å². The molecule has 4 rings (SSSR count). The summed E-state index contributed by atoms with van der Waals surface area (Å²) in [7, 11) is -1.85. The third-order valence-corrected chi connectivity index (χ3v) is 7.83. The lowest BCUT2D eigenvalue weighted by molar-refractivity contribution is 0.179. The molecule has 1 aromatic heterocycles. The maximum absolute atomic E-state index is 12.9. The van der Waals surface area contributed by atoms with Gasteiger partial charge < -0.3 is 9.15 Å². The molecule has 0 saturated carbocycles. The Morgan fingerprint density at radius 1 is 1.03 bits per heavy atom. The Balaban J connectivity index is 1.40. The first-order valence-corrected chi connectivity index (χ1v) is 12.2. The lowest BCUT2D eigenvalue weighted by Gasteiger charge is -2.33. The average molecular weight is 506 g/mol. The molecule has 7 nitrogen and oxygen atoms in total. The van der Waals surface area contributed by atoms with Crippen LogP contribution < -0.4 is 4.74 Å². The Labute approximate surface area is 190 Å². The molecular formula is C22H24BrN3O4S. The van der Waals surface area contributed by atoms with Crippen LogP contribution in [-0.4, -0.2) is 55.9 Å². The SMILES string of the molecule is COc1ccc(-c2nc(CN3CCN(S(=O)(=O)c4ccc(Br)cc4)CC3)c(C)o2)cc1. The normalized spacial score (nSPS) is 15.8. The number of piperazine rings is 1. The van der Waals surface area contributed by atoms with E-state index in [1.165, 1.54) is 0 Å². The molecule has 0 N–H and O–H groups in total. The maximum Gasteiger partial charge on any atom is 0.243 e. The zero-order valence-corrected chi connectivity index (χ0v) is 19.8. The third kappa shape index (κ3) is 4.85. The van der Waals surface area contributed by atoms with Gasteiger partial charge in [-0.05, 0) is 55.5 Å². The third-order valence-electron chi connectivity index (χ3n) is 5.39. The van der Waals surface area contributed by atoms with Gasteiger partial charge in [-0.25, -0.2) is 13.4 Å². The largest absolute Gasteiger partial charge is 0.497 e. The highest BCUT2D eigenvalue weighted by atomic mass is 79.9. The van der Waals surface area contributed by atoms with Crippen LogP contribution in [0.5, 0.6) is 5.75 Å². The molecule has 1 saturated heterocycles. The van der Waals surface area contributed by atoms with Crippen LogP contribution in [0.2, 0.25) is 0 Å². The van der Waals surface area contributed by atoms with Crippen LogP contribution in [0.3, 0.4) is 0 Å². The zero-order valence-electron chi connectivity index (χ0n) is 17.4. The summed E-state index contributed by atoms with van der Waals surface area (Å²) in [6, 6.07) is 14.3. The number of methoxy groups -OCH3 is 1. The van der Waals surface area contributed by atoms with Crippen LogP contribution in [0.4, 0.5) is 0 Å². The molecule has 0 radical (unpaired) electrons. The summed E-state index contributed by atoms with van der Waals surface area (Å²) >= 11 is 3.34. The van der Waals surface area contributed by atoms with Crippen molar-refractivity contribution in [2.24, 2.45) is 0 Å². The molecule has 1 fully saturated rings. The molecule has 2 aromatic carbocycles. The van der Waals surface area contributed by atoms with Gasteiger partial charge in [0.25, 0.3) is 0 Å². The van der Waals surface area contributed by atoms with Crippen molar-refractivity contribution in [3.8, 4) is 17.2 Å². The zero-order chi connectivity index (χ0) is 22.0. The van der Waals surface area contributed by atoms with Gasteiger partial charge in [-0.2, -0.15) is 4.31 Å². The molecule has 9 heteroatoms. The van der Waals surface area contributed by atoms with Gasteiger partial charge in [0.2, 0.25) is 15.9 Å². The van der Waals surface area contributed by atoms with E-state index in [0.717, 1.165) is 27.2 Å². The Bertz CT molecular complexity index is 1140. The molecule has 0 spiro atoms. The van der Waals surface area contributed by atoms with Crippen LogP contribution in [0, 0.1) is 6.92 Å². The summed E-state index contributed by atoms with van der Waals surface area (Å²) in [5, 5.41) is 0. The highest BCUT2D eigenvalue weighted by molar-refractivity contribution is 9.10. The van der Waals surface area contributed by atoms with Crippen LogP contribution in [-0.2, 0) is 16.6 Å². The van der Waals surface area contributed by atoms with Gasteiger partial charge in [-0.1, -0.05) is 15.9 Å². The van der Waals surface area contributed by atoms with Crippen molar-refractivity contribution in [1.82, 2.24) is 14.2 Å². The van der Waals surface area contributed by atoms with E-state index in [2.05, 4.69) is 25.8 Å². The molecule has 0 amide bonds. The Hall–Kier alpha value is -2.20. The van der Waals surface area contributed by atoms with E-state index in [1.54, 1.807) is 35.7 Å². The number of oxazole rings is 1. The fraction of sp³-hybridized carbons (Fsp3) is 0.318. The van der Waals surface area contributed by atoms with Crippen molar-refractivity contribution in [2.75, 3.05) is 33.3 Å². The number of aromatic nitrogens is 1. The molecule has 2 heterocycles. The van der Waals surface area contributed by atoms with Crippen LogP contribution in [0.25, 0.3) is 11.5 Å². The van der Waals surface area contributed by atoms with Crippen LogP contribution in [0.15, 0.2) is 62.3 Å². The van der Waals surface area contributed by atoms with Gasteiger partial charge in [0.05, 0.1) is 17.7 Å². The van der Waals surface area contributed by atoms with Gasteiger partial charge >= 0.3 is 0 Å². The topological polar surface area (TPSA) is 75.9 Å². The second-order valence-corrected chi connectivity index (χ2v) is 10.2. The van der Waals surface area contributed by atoms with Gasteiger partial charge in [-0.3, -0.25) is 4.90 Å². The molecule has 31 heavy (non-hydrogen) atoms. The Morgan fingerprint density at radius 3 is 2.29 bits per heavy atom. The lowest BCUT2D eigenvalue weighted by atomic mass is 10.2. The number of benzene rings is 2. The monoisotopic (exact) mass is 505 g/mol. The molecule has 0 unspecified atom stereocenters. The molecule has 1 aliphatic heterocycles. The van der Waals surface area contributed by atoms with E-state index in [4.69, 9.17) is 9.15 Å². The first-order chi connectivity index (χ1) is 14.9. The number of rotatable bonds is 6. The number of sulfonamides is 1. The Morgan fingerprint density at radius 2 is 1.68 bits per heavy atom. The van der Waals surface area contributed by atoms with Crippen molar-refractivity contribution in [3.05, 3.63) is 64.5 Å². The van der Waals surface area contributed by atoms with Crippen molar-refractivity contribution in [3.63, 3.8) is 0 Å². The molecule has 0 bridgehead atoms. The average Bonchev–Trinajstić information content (AvgIpc) is 3.14. The minimum Gasteiger partial charge on any atom is -0.497 e. The number of aryl methyl sites for hydroxylation is 1. The smallest absolute Gasteiger partial charge is 0.243 e. The predicted molar refractivity (Wildman–Crippen MR) is 121 cm³/mol.